The van der Waals surface area contributed by atoms with Crippen LogP contribution in [0.1, 0.15) is 75.3 Å². The van der Waals surface area contributed by atoms with E-state index in [-0.39, 0.29) is 47.6 Å². The van der Waals surface area contributed by atoms with Gasteiger partial charge in [-0.2, -0.15) is 19.5 Å². The molecule has 0 atom stereocenters. The molecule has 1 fully saturated rings. The highest BCUT2D eigenvalue weighted by Crippen LogP contribution is 2.37. The number of furan rings is 1. The summed E-state index contributed by atoms with van der Waals surface area (Å²) in [7, 11) is 0. The number of amides is 3. The number of nitrogens with two attached hydrogens (primary N) is 1. The van der Waals surface area contributed by atoms with E-state index >= 15 is 0 Å². The van der Waals surface area contributed by atoms with Crippen molar-refractivity contribution in [2.75, 3.05) is 54.4 Å². The Bertz CT molecular complexity index is 2890. The van der Waals surface area contributed by atoms with Crippen LogP contribution in [-0.4, -0.2) is 101 Å². The maximum absolute atomic E-state index is 13.4. The molecular weight excluding hydrogens is 904 g/mol. The lowest BCUT2D eigenvalue weighted by molar-refractivity contribution is -0.123. The van der Waals surface area contributed by atoms with E-state index in [1.54, 1.807) is 36.7 Å². The van der Waals surface area contributed by atoms with Crippen LogP contribution in [0.4, 0.5) is 23.3 Å². The molecule has 0 unspecified atom stereocenters. The molecule has 21 heteroatoms. The highest BCUT2D eigenvalue weighted by atomic mass is 35.5. The van der Waals surface area contributed by atoms with Crippen LogP contribution >= 0.6 is 11.6 Å². The Morgan fingerprint density at radius 2 is 1.59 bits per heavy atom. The molecular formula is C48H53ClN14O6. The number of likely N-dealkylation sites (tertiary alicyclic amines) is 1. The van der Waals surface area contributed by atoms with Gasteiger partial charge < -0.3 is 41.8 Å². The number of halogens is 1. The zero-order valence-electron chi connectivity index (χ0n) is 38.2. The molecule has 0 radical (unpaired) electrons. The first kappa shape index (κ1) is 49.1. The van der Waals surface area contributed by atoms with E-state index in [1.807, 2.05) is 56.3 Å². The van der Waals surface area contributed by atoms with E-state index in [9.17, 15) is 14.4 Å². The first-order valence-electron chi connectivity index (χ1n) is 22.4. The normalized spacial score (nSPS) is 12.4. The van der Waals surface area contributed by atoms with E-state index in [4.69, 9.17) is 31.7 Å². The van der Waals surface area contributed by atoms with Crippen molar-refractivity contribution in [2.45, 2.75) is 59.0 Å². The molecule has 5 aromatic heterocycles. The van der Waals surface area contributed by atoms with Crippen LogP contribution in [0.3, 0.4) is 0 Å². The maximum atomic E-state index is 13.4. The zero-order valence-corrected chi connectivity index (χ0v) is 38.9. The van der Waals surface area contributed by atoms with Crippen molar-refractivity contribution in [3.05, 3.63) is 124 Å². The minimum atomic E-state index is -0.364. The van der Waals surface area contributed by atoms with Gasteiger partial charge in [0.2, 0.25) is 23.6 Å². The molecule has 0 saturated carbocycles. The van der Waals surface area contributed by atoms with Crippen molar-refractivity contribution >= 4 is 64.8 Å². The molecule has 1 saturated heterocycles. The zero-order chi connectivity index (χ0) is 48.7. The number of nitrogens with one attached hydrogen (secondary N) is 5. The van der Waals surface area contributed by atoms with Crippen LogP contribution in [0.5, 0.6) is 0 Å². The summed E-state index contributed by atoms with van der Waals surface area (Å²) >= 11 is 6.94. The predicted molar refractivity (Wildman–Crippen MR) is 262 cm³/mol. The summed E-state index contributed by atoms with van der Waals surface area (Å²) in [5, 5.41) is 26.7. The molecule has 6 heterocycles. The predicted octanol–water partition coefficient (Wildman–Crippen LogP) is 6.38. The van der Waals surface area contributed by atoms with Gasteiger partial charge in [0.25, 0.3) is 24.1 Å². The number of pyridine rings is 2. The van der Waals surface area contributed by atoms with Gasteiger partial charge in [-0.1, -0.05) is 48.4 Å². The summed E-state index contributed by atoms with van der Waals surface area (Å²) in [5.74, 6) is 0.719. The Hall–Kier alpha value is -7.81. The van der Waals surface area contributed by atoms with Crippen molar-refractivity contribution in [3.8, 4) is 22.7 Å². The van der Waals surface area contributed by atoms with E-state index < -0.39 is 0 Å². The van der Waals surface area contributed by atoms with Crippen LogP contribution in [-0.2, 0) is 22.7 Å². The van der Waals surface area contributed by atoms with Crippen LogP contribution in [0, 0.1) is 13.8 Å². The Morgan fingerprint density at radius 1 is 0.855 bits per heavy atom. The third kappa shape index (κ3) is 13.0. The van der Waals surface area contributed by atoms with Crippen LogP contribution in [0.2, 0.25) is 5.02 Å². The smallest absolute Gasteiger partial charge is 0.290 e. The molecule has 0 aliphatic carbocycles. The second-order valence-electron chi connectivity index (χ2n) is 16.1. The number of hydrogen-bond donors (Lipinski definition) is 7. The molecule has 69 heavy (non-hydrogen) atoms. The van der Waals surface area contributed by atoms with Crippen molar-refractivity contribution in [3.63, 3.8) is 0 Å². The van der Waals surface area contributed by atoms with Crippen molar-refractivity contribution in [1.82, 2.24) is 50.1 Å². The van der Waals surface area contributed by atoms with Crippen molar-refractivity contribution in [1.29, 1.82) is 0 Å². The van der Waals surface area contributed by atoms with E-state index in [1.165, 1.54) is 30.0 Å². The van der Waals surface area contributed by atoms with Crippen LogP contribution in [0.15, 0.2) is 89.8 Å². The van der Waals surface area contributed by atoms with Gasteiger partial charge in [-0.05, 0) is 110 Å². The van der Waals surface area contributed by atoms with Gasteiger partial charge in [0, 0.05) is 62.8 Å². The summed E-state index contributed by atoms with van der Waals surface area (Å²) in [5.41, 5.74) is 13.0. The topological polar surface area (TPSA) is 273 Å². The lowest BCUT2D eigenvalue weighted by Gasteiger charge is -2.26. The maximum Gasteiger partial charge on any atom is 0.290 e. The van der Waals surface area contributed by atoms with Crippen LogP contribution in [0.25, 0.3) is 28.5 Å². The monoisotopic (exact) mass is 956 g/mol. The SMILES string of the molecule is Cc1cc(C(=O)Nc2cccc(-c3cccc(NC(=O)c4ccc(CNCCNC(=O)CCCNc5nc(N)n6nc(-c7ccco7)nc6n5)cn4)c3C)c2Cl)ncc1CN1CCCCC1.O=CO. The molecule has 7 aromatic rings. The molecule has 0 bridgehead atoms. The fourth-order valence-electron chi connectivity index (χ4n) is 7.62. The lowest BCUT2D eigenvalue weighted by atomic mass is 9.98. The van der Waals surface area contributed by atoms with Gasteiger partial charge >= 0.3 is 0 Å². The average Bonchev–Trinajstić information content (AvgIpc) is 4.05. The number of carboxylic acid groups (broad SMARTS) is 1. The largest absolute Gasteiger partial charge is 0.483 e. The Balaban J connectivity index is 0.00000228. The quantitative estimate of drug-likeness (QED) is 0.0363. The third-order valence-electron chi connectivity index (χ3n) is 11.3. The Morgan fingerprint density at radius 3 is 2.33 bits per heavy atom. The second-order valence-corrected chi connectivity index (χ2v) is 16.5. The molecule has 20 nitrogen and oxygen atoms in total. The number of piperidine rings is 1. The molecule has 8 rings (SSSR count). The minimum absolute atomic E-state index is 0.0823. The Labute approximate surface area is 402 Å². The van der Waals surface area contributed by atoms with E-state index in [0.29, 0.717) is 78.3 Å². The highest BCUT2D eigenvalue weighted by Gasteiger charge is 2.19. The summed E-state index contributed by atoms with van der Waals surface area (Å²) in [6, 6.07) is 19.8. The molecule has 3 amide bonds. The molecule has 2 aromatic carbocycles. The van der Waals surface area contributed by atoms with Gasteiger partial charge in [0.1, 0.15) is 11.4 Å². The number of aromatic nitrogens is 7. The number of nitrogen functional groups attached to an aromatic ring is 1. The number of carbonyl (C=O) groups is 4. The average molecular weight is 957 g/mol. The van der Waals surface area contributed by atoms with Gasteiger partial charge in [-0.25, -0.2) is 0 Å². The summed E-state index contributed by atoms with van der Waals surface area (Å²) in [4.78, 5) is 71.7. The molecule has 0 spiro atoms. The van der Waals surface area contributed by atoms with Gasteiger partial charge in [0.15, 0.2) is 5.76 Å². The lowest BCUT2D eigenvalue weighted by Crippen LogP contribution is -2.31. The number of fused-ring (bicyclic) bond motifs is 1. The number of nitrogens with zero attached hydrogens (tertiary/aromatic N) is 8. The van der Waals surface area contributed by atoms with E-state index in [2.05, 4.69) is 61.5 Å². The van der Waals surface area contributed by atoms with Crippen molar-refractivity contribution < 1.29 is 28.7 Å². The van der Waals surface area contributed by atoms with Crippen LogP contribution < -0.4 is 32.3 Å². The van der Waals surface area contributed by atoms with Gasteiger partial charge in [-0.3, -0.25) is 34.0 Å². The first-order valence-corrected chi connectivity index (χ1v) is 22.8. The van der Waals surface area contributed by atoms with Gasteiger partial charge in [0.05, 0.1) is 17.0 Å². The number of carbonyl (C=O) groups excluding carboxylic acids is 3. The third-order valence-corrected chi connectivity index (χ3v) is 11.7. The highest BCUT2D eigenvalue weighted by molar-refractivity contribution is 6.36. The fourth-order valence-corrected chi connectivity index (χ4v) is 7.90. The number of hydrogen-bond acceptors (Lipinski definition) is 15. The summed E-state index contributed by atoms with van der Waals surface area (Å²) in [6.45, 7) is 8.60. The summed E-state index contributed by atoms with van der Waals surface area (Å²) in [6.07, 6.45) is 9.53. The fraction of sp³-hybridized carbons (Fsp3) is 0.292. The number of rotatable bonds is 18. The van der Waals surface area contributed by atoms with E-state index in [0.717, 1.165) is 47.5 Å². The van der Waals surface area contributed by atoms with Crippen molar-refractivity contribution in [2.24, 2.45) is 0 Å². The number of benzene rings is 2. The summed E-state index contributed by atoms with van der Waals surface area (Å²) < 4.78 is 6.67. The number of anilines is 4. The molecule has 1 aliphatic heterocycles. The second kappa shape index (κ2) is 23.8. The first-order chi connectivity index (χ1) is 33.5. The molecule has 358 valence electrons. The number of aryl methyl sites for hydroxylation is 1. The standard InChI is InChI=1S/C47H51ClN14O4.CH2O2/c1-29-24-38(54-27-32(29)28-61-21-4-3-5-22-61)44(65)56-36-13-7-11-34(41(36)48)33-10-6-12-35(30(33)2)55-43(64)37-17-16-31(26-53-37)25-50-19-20-51-40(63)15-8-18-52-46-58-45(49)62-47(59-46)57-42(60-62)39-14-9-23-66-39;2-1-3/h6-7,9-14,16-17,23-24,26-27,50H,3-5,8,15,18-22,25,28H2,1-2H3,(H,51,63)(H,55,64)(H,56,65)(H3,49,52,57,58,59,60);1H,(H,2,3). The minimum Gasteiger partial charge on any atom is -0.483 e. The van der Waals surface area contributed by atoms with Gasteiger partial charge in [-0.15, -0.1) is 5.10 Å². The molecule has 1 aliphatic rings. The molecule has 8 N–H and O–H groups in total. The Kier molecular flexibility index (Phi) is 16.9.